The molecule has 5 aliphatic heterocycles. The number of H-pyrrole nitrogens is 1. The molecule has 3 N–H and O–H groups in total. The number of hydrogen-bond acceptors (Lipinski definition) is 10. The molecule has 0 radical (unpaired) electrons. The lowest BCUT2D eigenvalue weighted by Crippen LogP contribution is -2.55. The highest BCUT2D eigenvalue weighted by Gasteiger charge is 2.44. The van der Waals surface area contributed by atoms with Crippen molar-refractivity contribution < 1.29 is 38.1 Å². The van der Waals surface area contributed by atoms with E-state index in [1.54, 1.807) is 0 Å². The standard InChI is InChI=1S/C48H57N7O8/c1-25(2)42(52-47(58)60-5)46(57)55-27(4)7-12-39(55)37-20-34-33-21-41-35(19-29(33)9-11-36(34)50-37)32-10-8-30(18-31(32)24-63-41)38-22-49-44(51-38)40-17-26(3)23-54(40)45(56)43(53-48(59)61-6)28-13-15-62-16-14-28/h8-11,18-19,21-22,25-28,39-40,42-43H,7,12-17,20,23-24H2,1-6H3,(H,49,51)(H,52,58)(H,53,59)/t26-,27-,39-,40-,42-,43-/m0/s1. The Morgan fingerprint density at radius 2 is 1.67 bits per heavy atom. The van der Waals surface area contributed by atoms with Gasteiger partial charge in [-0.05, 0) is 114 Å². The summed E-state index contributed by atoms with van der Waals surface area (Å²) in [6, 6.07) is 13.1. The molecule has 0 aliphatic carbocycles. The Kier molecular flexibility index (Phi) is 11.6. The molecule has 0 bridgehead atoms. The topological polar surface area (TPSA) is 177 Å². The predicted molar refractivity (Wildman–Crippen MR) is 237 cm³/mol. The number of amides is 4. The molecule has 9 rings (SSSR count). The molecule has 63 heavy (non-hydrogen) atoms. The monoisotopic (exact) mass is 859 g/mol. The van der Waals surface area contributed by atoms with Crippen LogP contribution in [0, 0.1) is 17.8 Å². The van der Waals surface area contributed by atoms with Gasteiger partial charge in [0.1, 0.15) is 30.3 Å². The number of imidazole rings is 1. The van der Waals surface area contributed by atoms with Gasteiger partial charge in [-0.15, -0.1) is 0 Å². The van der Waals surface area contributed by atoms with Crippen LogP contribution in [-0.4, -0.2) is 108 Å². The third kappa shape index (κ3) is 8.00. The first kappa shape index (κ1) is 42.3. The summed E-state index contributed by atoms with van der Waals surface area (Å²) in [4.78, 5) is 70.1. The number of hydrogen-bond donors (Lipinski definition) is 3. The van der Waals surface area contributed by atoms with Gasteiger partial charge < -0.3 is 44.4 Å². The Morgan fingerprint density at radius 1 is 0.889 bits per heavy atom. The molecular weight excluding hydrogens is 803 g/mol. The van der Waals surface area contributed by atoms with Crippen molar-refractivity contribution in [1.29, 1.82) is 0 Å². The molecule has 15 heteroatoms. The van der Waals surface area contributed by atoms with Crippen LogP contribution in [0.25, 0.3) is 33.2 Å². The average molecular weight is 860 g/mol. The maximum atomic E-state index is 14.2. The molecule has 0 spiro atoms. The minimum atomic E-state index is -0.707. The number of carbonyl (C=O) groups excluding carboxylic acids is 4. The van der Waals surface area contributed by atoms with E-state index in [0.717, 1.165) is 80.7 Å². The van der Waals surface area contributed by atoms with Gasteiger partial charge in [0, 0.05) is 43.5 Å². The fraction of sp³-hybridized carbons (Fsp3) is 0.500. The van der Waals surface area contributed by atoms with Gasteiger partial charge in [-0.2, -0.15) is 0 Å². The van der Waals surface area contributed by atoms with E-state index in [1.165, 1.54) is 14.2 Å². The molecule has 4 aromatic rings. The van der Waals surface area contributed by atoms with E-state index in [1.807, 2.05) is 29.8 Å². The first-order chi connectivity index (χ1) is 30.4. The molecule has 0 unspecified atom stereocenters. The molecule has 6 heterocycles. The van der Waals surface area contributed by atoms with Crippen molar-refractivity contribution in [3.05, 3.63) is 65.6 Å². The van der Waals surface area contributed by atoms with Crippen molar-refractivity contribution in [2.24, 2.45) is 22.7 Å². The molecule has 3 aromatic carbocycles. The zero-order chi connectivity index (χ0) is 44.1. The summed E-state index contributed by atoms with van der Waals surface area (Å²) in [5.74, 6) is 1.39. The zero-order valence-corrected chi connectivity index (χ0v) is 36.9. The van der Waals surface area contributed by atoms with Crippen LogP contribution < -0.4 is 15.4 Å². The molecule has 6 atom stereocenters. The van der Waals surface area contributed by atoms with E-state index < -0.39 is 24.3 Å². The smallest absolute Gasteiger partial charge is 0.407 e. The van der Waals surface area contributed by atoms with Crippen LogP contribution in [0.3, 0.4) is 0 Å². The van der Waals surface area contributed by atoms with E-state index >= 15 is 0 Å². The molecule has 332 valence electrons. The van der Waals surface area contributed by atoms with Gasteiger partial charge in [0.05, 0.1) is 43.9 Å². The summed E-state index contributed by atoms with van der Waals surface area (Å²) < 4.78 is 21.8. The van der Waals surface area contributed by atoms with E-state index in [-0.39, 0.29) is 47.7 Å². The first-order valence-electron chi connectivity index (χ1n) is 22.3. The molecule has 5 aliphatic rings. The van der Waals surface area contributed by atoms with Crippen molar-refractivity contribution in [3.63, 3.8) is 0 Å². The number of carbonyl (C=O) groups is 4. The Balaban J connectivity index is 0.932. The number of likely N-dealkylation sites (tertiary alicyclic amines) is 2. The van der Waals surface area contributed by atoms with Crippen LogP contribution in [-0.2, 0) is 36.8 Å². The summed E-state index contributed by atoms with van der Waals surface area (Å²) in [7, 11) is 2.62. The number of alkyl carbamates (subject to hydrolysis) is 2. The van der Waals surface area contributed by atoms with Gasteiger partial charge in [-0.25, -0.2) is 14.6 Å². The SMILES string of the molecule is COC(=O)N[C@H](C(=O)N1[C@@H](C)CC[C@H]1C1=Nc2ccc3cc4c(cc3c2C1)OCc1cc(-c2cnc([C@@H]3C[C@H](C)CN3C(=O)[C@@H](NC(=O)OC)C3CCOCC3)[nH]2)ccc1-4)C(C)C. The molecule has 4 amide bonds. The Hall–Kier alpha value is -5.96. The Bertz CT molecular complexity index is 2480. The number of aromatic amines is 1. The van der Waals surface area contributed by atoms with Crippen LogP contribution in [0.1, 0.15) is 82.8 Å². The number of benzene rings is 3. The first-order valence-corrected chi connectivity index (χ1v) is 22.3. The second kappa shape index (κ2) is 17.3. The zero-order valence-electron chi connectivity index (χ0n) is 36.9. The summed E-state index contributed by atoms with van der Waals surface area (Å²) in [5, 5.41) is 7.77. The van der Waals surface area contributed by atoms with E-state index in [0.29, 0.717) is 51.5 Å². The van der Waals surface area contributed by atoms with Crippen molar-refractivity contribution in [2.45, 2.75) is 103 Å². The van der Waals surface area contributed by atoms with Crippen molar-refractivity contribution in [1.82, 2.24) is 30.4 Å². The van der Waals surface area contributed by atoms with Crippen molar-refractivity contribution in [3.8, 4) is 28.1 Å². The van der Waals surface area contributed by atoms with Gasteiger partial charge >= 0.3 is 12.2 Å². The number of rotatable bonds is 9. The van der Waals surface area contributed by atoms with Crippen LogP contribution >= 0.6 is 0 Å². The minimum absolute atomic E-state index is 0.0124. The minimum Gasteiger partial charge on any atom is -0.488 e. The maximum Gasteiger partial charge on any atom is 0.407 e. The fourth-order valence-corrected chi connectivity index (χ4v) is 10.4. The van der Waals surface area contributed by atoms with E-state index in [4.69, 9.17) is 28.9 Å². The highest BCUT2D eigenvalue weighted by atomic mass is 16.5. The average Bonchev–Trinajstić information content (AvgIpc) is 4.12. The van der Waals surface area contributed by atoms with Crippen LogP contribution in [0.15, 0.2) is 53.7 Å². The third-order valence-electron chi connectivity index (χ3n) is 13.8. The number of methoxy groups -OCH3 is 2. The molecule has 1 aromatic heterocycles. The summed E-state index contributed by atoms with van der Waals surface area (Å²) in [6.45, 7) is 10.1. The van der Waals surface area contributed by atoms with Gasteiger partial charge in [0.25, 0.3) is 0 Å². The third-order valence-corrected chi connectivity index (χ3v) is 13.8. The predicted octanol–water partition coefficient (Wildman–Crippen LogP) is 7.24. The number of ether oxygens (including phenoxy) is 4. The lowest BCUT2D eigenvalue weighted by molar-refractivity contribution is -0.137. The molecule has 15 nitrogen and oxygen atoms in total. The summed E-state index contributed by atoms with van der Waals surface area (Å²) in [5.41, 5.74) is 8.00. The Morgan fingerprint density at radius 3 is 2.43 bits per heavy atom. The lowest BCUT2D eigenvalue weighted by atomic mass is 9.90. The maximum absolute atomic E-state index is 14.2. The molecule has 0 saturated carbocycles. The van der Waals surface area contributed by atoms with Gasteiger partial charge in [-0.3, -0.25) is 14.6 Å². The van der Waals surface area contributed by atoms with Crippen LogP contribution in [0.5, 0.6) is 5.75 Å². The Labute approximate surface area is 367 Å². The van der Waals surface area contributed by atoms with Crippen molar-refractivity contribution >= 4 is 46.2 Å². The van der Waals surface area contributed by atoms with Crippen LogP contribution in [0.4, 0.5) is 15.3 Å². The highest BCUT2D eigenvalue weighted by molar-refractivity contribution is 6.06. The molecular formula is C48H57N7O8. The second-order valence-electron chi connectivity index (χ2n) is 18.2. The van der Waals surface area contributed by atoms with Gasteiger partial charge in [0.15, 0.2) is 0 Å². The highest BCUT2D eigenvalue weighted by Crippen LogP contribution is 2.45. The van der Waals surface area contributed by atoms with E-state index in [2.05, 4.69) is 71.9 Å². The van der Waals surface area contributed by atoms with Crippen LogP contribution in [0.2, 0.25) is 0 Å². The van der Waals surface area contributed by atoms with Crippen molar-refractivity contribution in [2.75, 3.05) is 34.0 Å². The van der Waals surface area contributed by atoms with Gasteiger partial charge in [-0.1, -0.05) is 39.0 Å². The molecule has 3 saturated heterocycles. The normalized spacial score (nSPS) is 22.7. The number of nitrogens with zero attached hydrogens (tertiary/aromatic N) is 4. The lowest BCUT2D eigenvalue weighted by Gasteiger charge is -2.34. The number of aromatic nitrogens is 2. The van der Waals surface area contributed by atoms with E-state index in [9.17, 15) is 19.2 Å². The number of aliphatic imine (C=N–C) groups is 1. The summed E-state index contributed by atoms with van der Waals surface area (Å²) >= 11 is 0. The quantitative estimate of drug-likeness (QED) is 0.157. The summed E-state index contributed by atoms with van der Waals surface area (Å²) in [6.07, 6.45) is 5.01. The molecule has 3 fully saturated rings. The number of nitrogens with one attached hydrogen (secondary N) is 3. The second-order valence-corrected chi connectivity index (χ2v) is 18.2. The largest absolute Gasteiger partial charge is 0.488 e. The fourth-order valence-electron chi connectivity index (χ4n) is 10.4. The van der Waals surface area contributed by atoms with Gasteiger partial charge in [0.2, 0.25) is 11.8 Å². The number of fused-ring (bicyclic) bond motifs is 6.